The van der Waals surface area contributed by atoms with E-state index >= 15 is 0 Å². The third-order valence-corrected chi connectivity index (χ3v) is 12.5. The fourth-order valence-corrected chi connectivity index (χ4v) is 9.75. The third-order valence-electron chi connectivity index (χ3n) is 12.5. The molecular formula is C52H39NO. The molecule has 9 aromatic rings. The summed E-state index contributed by atoms with van der Waals surface area (Å²) in [5.41, 5.74) is 18.1. The van der Waals surface area contributed by atoms with Gasteiger partial charge in [-0.2, -0.15) is 0 Å². The highest BCUT2D eigenvalue weighted by atomic mass is 16.3. The van der Waals surface area contributed by atoms with Crippen molar-refractivity contribution >= 4 is 49.8 Å². The average molecular weight is 694 g/mol. The van der Waals surface area contributed by atoms with Crippen molar-refractivity contribution in [3.05, 3.63) is 186 Å². The lowest BCUT2D eigenvalue weighted by atomic mass is 9.82. The molecule has 0 bridgehead atoms. The van der Waals surface area contributed by atoms with Gasteiger partial charge in [0.2, 0.25) is 0 Å². The standard InChI is InChI=1S/C52H39NO/c1-51(2)45-21-13-11-18-38(45)42-28-33(23-26-46(42)51)53(35-22-25-39-37-17-10-12-20-44(37)52(3,4)47(39)30-35)34-24-27-48-43(29-34)50-40-19-9-8-16-36(40)41(31-49(50)54-48)32-14-6-5-7-15-32/h5-31H,1-4H3. The van der Waals surface area contributed by atoms with Gasteiger partial charge in [0.1, 0.15) is 11.2 Å². The molecule has 0 radical (unpaired) electrons. The lowest BCUT2D eigenvalue weighted by molar-refractivity contribution is 0.660. The summed E-state index contributed by atoms with van der Waals surface area (Å²) in [5, 5.41) is 4.69. The maximum Gasteiger partial charge on any atom is 0.136 e. The molecule has 0 amide bonds. The zero-order valence-corrected chi connectivity index (χ0v) is 30.9. The number of nitrogens with zero attached hydrogens (tertiary/aromatic N) is 1. The third kappa shape index (κ3) is 4.28. The first-order chi connectivity index (χ1) is 26.3. The van der Waals surface area contributed by atoms with Crippen LogP contribution in [-0.4, -0.2) is 0 Å². The molecule has 1 heterocycles. The van der Waals surface area contributed by atoms with Crippen LogP contribution in [0.3, 0.4) is 0 Å². The van der Waals surface area contributed by atoms with Gasteiger partial charge in [0, 0.05) is 38.7 Å². The van der Waals surface area contributed by atoms with E-state index in [1.807, 2.05) is 0 Å². The van der Waals surface area contributed by atoms with Gasteiger partial charge in [0.25, 0.3) is 0 Å². The van der Waals surface area contributed by atoms with E-state index < -0.39 is 0 Å². The molecule has 1 aromatic heterocycles. The number of anilines is 3. The van der Waals surface area contributed by atoms with Crippen LogP contribution in [0.15, 0.2) is 168 Å². The van der Waals surface area contributed by atoms with E-state index in [2.05, 4.69) is 196 Å². The monoisotopic (exact) mass is 693 g/mol. The molecule has 0 saturated carbocycles. The molecule has 2 aliphatic carbocycles. The second-order valence-corrected chi connectivity index (χ2v) is 16.1. The molecule has 2 nitrogen and oxygen atoms in total. The van der Waals surface area contributed by atoms with E-state index in [0.29, 0.717) is 0 Å². The molecular weight excluding hydrogens is 655 g/mol. The van der Waals surface area contributed by atoms with Crippen molar-refractivity contribution in [1.29, 1.82) is 0 Å². The summed E-state index contributed by atoms with van der Waals surface area (Å²) in [6.07, 6.45) is 0. The topological polar surface area (TPSA) is 16.4 Å². The highest BCUT2D eigenvalue weighted by Gasteiger charge is 2.37. The highest BCUT2D eigenvalue weighted by molar-refractivity contribution is 6.22. The molecule has 8 aromatic carbocycles. The van der Waals surface area contributed by atoms with Crippen LogP contribution in [0.25, 0.3) is 66.1 Å². The number of fused-ring (bicyclic) bond motifs is 11. The lowest BCUT2D eigenvalue weighted by Gasteiger charge is -2.29. The van der Waals surface area contributed by atoms with Crippen LogP contribution >= 0.6 is 0 Å². The maximum atomic E-state index is 6.70. The Hall–Kier alpha value is -6.38. The van der Waals surface area contributed by atoms with Crippen molar-refractivity contribution in [3.63, 3.8) is 0 Å². The molecule has 0 saturated heterocycles. The molecule has 0 spiro atoms. The predicted molar refractivity (Wildman–Crippen MR) is 226 cm³/mol. The van der Waals surface area contributed by atoms with Gasteiger partial charge in [0.05, 0.1) is 0 Å². The Morgan fingerprint density at radius 2 is 0.926 bits per heavy atom. The molecule has 0 atom stereocenters. The van der Waals surface area contributed by atoms with E-state index in [9.17, 15) is 0 Å². The average Bonchev–Trinajstić information content (AvgIpc) is 3.77. The van der Waals surface area contributed by atoms with E-state index in [4.69, 9.17) is 4.42 Å². The number of furan rings is 1. The van der Waals surface area contributed by atoms with Gasteiger partial charge >= 0.3 is 0 Å². The van der Waals surface area contributed by atoms with Crippen molar-refractivity contribution in [2.24, 2.45) is 0 Å². The normalized spacial score (nSPS) is 14.6. The van der Waals surface area contributed by atoms with Crippen molar-refractivity contribution in [3.8, 4) is 33.4 Å². The summed E-state index contributed by atoms with van der Waals surface area (Å²) in [5.74, 6) is 0. The lowest BCUT2D eigenvalue weighted by Crippen LogP contribution is -2.17. The Balaban J connectivity index is 1.15. The summed E-state index contributed by atoms with van der Waals surface area (Å²) in [7, 11) is 0. The van der Waals surface area contributed by atoms with E-state index in [-0.39, 0.29) is 10.8 Å². The zero-order chi connectivity index (χ0) is 36.3. The first kappa shape index (κ1) is 31.2. The number of hydrogen-bond acceptors (Lipinski definition) is 2. The number of rotatable bonds is 4. The molecule has 2 heteroatoms. The molecule has 0 unspecified atom stereocenters. The zero-order valence-electron chi connectivity index (χ0n) is 30.9. The van der Waals surface area contributed by atoms with Gasteiger partial charge in [-0.3, -0.25) is 0 Å². The van der Waals surface area contributed by atoms with Crippen molar-refractivity contribution in [1.82, 2.24) is 0 Å². The summed E-state index contributed by atoms with van der Waals surface area (Å²) >= 11 is 0. The minimum atomic E-state index is -0.116. The van der Waals surface area contributed by atoms with Crippen LogP contribution in [0.5, 0.6) is 0 Å². The van der Waals surface area contributed by atoms with Crippen molar-refractivity contribution in [2.75, 3.05) is 4.90 Å². The minimum absolute atomic E-state index is 0.0626. The fraction of sp³-hybridized carbons (Fsp3) is 0.115. The molecule has 0 aliphatic heterocycles. The van der Waals surface area contributed by atoms with E-state index in [0.717, 1.165) is 39.0 Å². The second kappa shape index (κ2) is 11.1. The first-order valence-electron chi connectivity index (χ1n) is 19.0. The smallest absolute Gasteiger partial charge is 0.136 e. The van der Waals surface area contributed by atoms with Gasteiger partial charge < -0.3 is 9.32 Å². The van der Waals surface area contributed by atoms with Gasteiger partial charge in [-0.25, -0.2) is 0 Å². The molecule has 258 valence electrons. The summed E-state index contributed by atoms with van der Waals surface area (Å²) in [4.78, 5) is 2.45. The maximum absolute atomic E-state index is 6.70. The van der Waals surface area contributed by atoms with E-state index in [1.54, 1.807) is 0 Å². The van der Waals surface area contributed by atoms with Crippen LogP contribution < -0.4 is 4.90 Å². The Kier molecular flexibility index (Phi) is 6.39. The Morgan fingerprint density at radius 3 is 1.70 bits per heavy atom. The van der Waals surface area contributed by atoms with Crippen molar-refractivity contribution < 1.29 is 4.42 Å². The largest absolute Gasteiger partial charge is 0.456 e. The molecule has 2 aliphatic rings. The molecule has 0 fully saturated rings. The Morgan fingerprint density at radius 1 is 0.370 bits per heavy atom. The Labute approximate surface area is 315 Å². The summed E-state index contributed by atoms with van der Waals surface area (Å²) < 4.78 is 6.70. The van der Waals surface area contributed by atoms with Crippen LogP contribution in [0.1, 0.15) is 49.9 Å². The van der Waals surface area contributed by atoms with Crippen LogP contribution in [0, 0.1) is 0 Å². The van der Waals surface area contributed by atoms with Gasteiger partial charge in [0.15, 0.2) is 0 Å². The van der Waals surface area contributed by atoms with Crippen LogP contribution in [0.4, 0.5) is 17.1 Å². The Bertz CT molecular complexity index is 3000. The quantitative estimate of drug-likeness (QED) is 0.182. The van der Waals surface area contributed by atoms with E-state index in [1.165, 1.54) is 66.4 Å². The molecule has 0 N–H and O–H groups in total. The number of hydrogen-bond donors (Lipinski definition) is 0. The fourth-order valence-electron chi connectivity index (χ4n) is 9.75. The molecule has 11 rings (SSSR count). The van der Waals surface area contributed by atoms with Gasteiger partial charge in [-0.1, -0.05) is 143 Å². The van der Waals surface area contributed by atoms with Crippen molar-refractivity contribution in [2.45, 2.75) is 38.5 Å². The molecule has 54 heavy (non-hydrogen) atoms. The first-order valence-corrected chi connectivity index (χ1v) is 19.0. The summed E-state index contributed by atoms with van der Waals surface area (Å²) in [6, 6.07) is 60.3. The minimum Gasteiger partial charge on any atom is -0.456 e. The highest BCUT2D eigenvalue weighted by Crippen LogP contribution is 2.53. The SMILES string of the molecule is CC1(C)c2ccccc2-c2cc(N(c3ccc4c(c3)C(C)(C)c3ccccc3-4)c3ccc4oc5cc(-c6ccccc6)c6ccccc6c5c4c3)ccc21. The number of benzene rings is 8. The second-order valence-electron chi connectivity index (χ2n) is 16.1. The van der Waals surface area contributed by atoms with Gasteiger partial charge in [-0.15, -0.1) is 0 Å². The predicted octanol–water partition coefficient (Wildman–Crippen LogP) is 14.5. The van der Waals surface area contributed by atoms with Crippen LogP contribution in [0.2, 0.25) is 0 Å². The van der Waals surface area contributed by atoms with Crippen LogP contribution in [-0.2, 0) is 10.8 Å². The van der Waals surface area contributed by atoms with Gasteiger partial charge in [-0.05, 0) is 115 Å². The summed E-state index contributed by atoms with van der Waals surface area (Å²) in [6.45, 7) is 9.42.